The summed E-state index contributed by atoms with van der Waals surface area (Å²) in [6.07, 6.45) is 16.7. The summed E-state index contributed by atoms with van der Waals surface area (Å²) >= 11 is 0. The molecule has 2 atom stereocenters. The first-order valence-electron chi connectivity index (χ1n) is 15.4. The summed E-state index contributed by atoms with van der Waals surface area (Å²) in [6.45, 7) is 16.3. The van der Waals surface area contributed by atoms with E-state index < -0.39 is 0 Å². The lowest BCUT2D eigenvalue weighted by Crippen LogP contribution is -2.33. The average molecular weight is 496 g/mol. The van der Waals surface area contributed by atoms with Crippen LogP contribution in [0.5, 0.6) is 11.5 Å². The number of hydrogen-bond donors (Lipinski definition) is 0. The number of rotatable bonds is 13. The van der Waals surface area contributed by atoms with Crippen molar-refractivity contribution in [3.63, 3.8) is 0 Å². The van der Waals surface area contributed by atoms with Crippen LogP contribution in [0.3, 0.4) is 0 Å². The first kappa shape index (κ1) is 27.6. The number of unbranched alkanes of at least 4 members (excludes halogenated alkanes) is 4. The Balaban J connectivity index is 1.46. The van der Waals surface area contributed by atoms with Gasteiger partial charge >= 0.3 is 0 Å². The van der Waals surface area contributed by atoms with Gasteiger partial charge in [0, 0.05) is 0 Å². The minimum atomic E-state index is -0.209. The molecule has 202 valence electrons. The number of ether oxygens (including phenoxy) is 2. The van der Waals surface area contributed by atoms with Crippen molar-refractivity contribution >= 4 is 5.57 Å². The molecule has 0 radical (unpaired) electrons. The Kier molecular flexibility index (Phi) is 9.84. The fourth-order valence-corrected chi connectivity index (χ4v) is 6.66. The summed E-state index contributed by atoms with van der Waals surface area (Å²) in [4.78, 5) is 2.65. The number of allylic oxidation sites excluding steroid dienone is 1. The summed E-state index contributed by atoms with van der Waals surface area (Å²) in [5.74, 6) is 3.31. The van der Waals surface area contributed by atoms with Crippen LogP contribution in [0.25, 0.3) is 5.57 Å². The third-order valence-electron chi connectivity index (χ3n) is 9.17. The maximum atomic E-state index is 6.71. The molecule has 3 nitrogen and oxygen atoms in total. The van der Waals surface area contributed by atoms with Gasteiger partial charge in [-0.1, -0.05) is 52.9 Å². The second-order valence-electron chi connectivity index (χ2n) is 12.4. The zero-order valence-electron chi connectivity index (χ0n) is 24.1. The number of nitrogens with zero attached hydrogens (tertiary/aromatic N) is 1. The van der Waals surface area contributed by atoms with Crippen LogP contribution in [-0.4, -0.2) is 36.7 Å². The molecule has 4 rings (SSSR count). The smallest absolute Gasteiger partial charge is 0.132 e. The van der Waals surface area contributed by atoms with Crippen molar-refractivity contribution in [2.45, 2.75) is 130 Å². The van der Waals surface area contributed by atoms with Gasteiger partial charge in [-0.25, -0.2) is 0 Å². The first-order valence-corrected chi connectivity index (χ1v) is 15.4. The molecule has 0 amide bonds. The Hall–Kier alpha value is -1.48. The van der Waals surface area contributed by atoms with E-state index in [1.54, 1.807) is 0 Å². The fraction of sp³-hybridized carbons (Fsp3) is 0.758. The quantitative estimate of drug-likeness (QED) is 0.255. The Labute approximate surface area is 222 Å². The highest BCUT2D eigenvalue weighted by Crippen LogP contribution is 2.52. The molecular weight excluding hydrogens is 442 g/mol. The number of piperidine rings is 1. The van der Waals surface area contributed by atoms with Crippen molar-refractivity contribution in [2.24, 2.45) is 5.92 Å². The summed E-state index contributed by atoms with van der Waals surface area (Å²) in [6, 6.07) is 4.73. The van der Waals surface area contributed by atoms with Crippen molar-refractivity contribution in [1.82, 2.24) is 4.90 Å². The first-order chi connectivity index (χ1) is 17.4. The van der Waals surface area contributed by atoms with Gasteiger partial charge < -0.3 is 14.4 Å². The van der Waals surface area contributed by atoms with Crippen LogP contribution in [0.4, 0.5) is 0 Å². The molecule has 1 aliphatic carbocycles. The van der Waals surface area contributed by atoms with Crippen LogP contribution >= 0.6 is 0 Å². The fourth-order valence-electron chi connectivity index (χ4n) is 6.66. The Morgan fingerprint density at radius 1 is 0.944 bits per heavy atom. The molecule has 1 aromatic rings. The summed E-state index contributed by atoms with van der Waals surface area (Å²) < 4.78 is 13.3. The molecule has 2 heterocycles. The van der Waals surface area contributed by atoms with E-state index in [2.05, 4.69) is 51.7 Å². The van der Waals surface area contributed by atoms with Gasteiger partial charge in [0.15, 0.2) is 0 Å². The second-order valence-corrected chi connectivity index (χ2v) is 12.4. The maximum Gasteiger partial charge on any atom is 0.132 e. The molecule has 0 aromatic heterocycles. The van der Waals surface area contributed by atoms with Gasteiger partial charge in [0.25, 0.3) is 0 Å². The Morgan fingerprint density at radius 3 is 2.53 bits per heavy atom. The highest BCUT2D eigenvalue weighted by molar-refractivity contribution is 5.82. The van der Waals surface area contributed by atoms with Crippen molar-refractivity contribution < 1.29 is 9.47 Å². The van der Waals surface area contributed by atoms with Crippen molar-refractivity contribution in [2.75, 3.05) is 26.2 Å². The van der Waals surface area contributed by atoms with Gasteiger partial charge in [0.05, 0.1) is 12.2 Å². The molecule has 3 heteroatoms. The van der Waals surface area contributed by atoms with Crippen LogP contribution < -0.4 is 9.47 Å². The number of likely N-dealkylation sites (tertiary alicyclic amines) is 1. The minimum Gasteiger partial charge on any atom is -0.493 e. The molecule has 0 spiro atoms. The number of fused-ring (bicyclic) bond motifs is 2. The van der Waals surface area contributed by atoms with Gasteiger partial charge in [0.1, 0.15) is 17.1 Å². The van der Waals surface area contributed by atoms with Crippen LogP contribution in [0.15, 0.2) is 17.7 Å². The number of benzene rings is 1. The van der Waals surface area contributed by atoms with Gasteiger partial charge in [0.2, 0.25) is 0 Å². The highest BCUT2D eigenvalue weighted by atomic mass is 16.5. The van der Waals surface area contributed by atoms with Crippen LogP contribution in [-0.2, 0) is 0 Å². The van der Waals surface area contributed by atoms with E-state index in [9.17, 15) is 0 Å². The molecule has 1 aromatic carbocycles. The lowest BCUT2D eigenvalue weighted by Gasteiger charge is -2.36. The molecule has 0 bridgehead atoms. The van der Waals surface area contributed by atoms with Gasteiger partial charge in [-0.05, 0) is 126 Å². The van der Waals surface area contributed by atoms with Gasteiger partial charge in [-0.15, -0.1) is 0 Å². The van der Waals surface area contributed by atoms with Crippen LogP contribution in [0.1, 0.15) is 135 Å². The zero-order chi connectivity index (χ0) is 25.5. The second kappa shape index (κ2) is 12.9. The lowest BCUT2D eigenvalue weighted by molar-refractivity contribution is 0.141. The molecule has 1 fully saturated rings. The van der Waals surface area contributed by atoms with Crippen molar-refractivity contribution in [3.05, 3.63) is 28.8 Å². The molecule has 2 unspecified atom stereocenters. The Bertz CT molecular complexity index is 880. The maximum absolute atomic E-state index is 6.71. The summed E-state index contributed by atoms with van der Waals surface area (Å²) in [5, 5.41) is 0. The predicted octanol–water partition coefficient (Wildman–Crippen LogP) is 9.15. The van der Waals surface area contributed by atoms with Crippen molar-refractivity contribution in [3.8, 4) is 11.5 Å². The Morgan fingerprint density at radius 2 is 1.75 bits per heavy atom. The largest absolute Gasteiger partial charge is 0.493 e. The molecule has 0 saturated carbocycles. The van der Waals surface area contributed by atoms with E-state index in [0.29, 0.717) is 11.8 Å². The minimum absolute atomic E-state index is 0.209. The summed E-state index contributed by atoms with van der Waals surface area (Å²) in [5.41, 5.74) is 5.45. The SMILES string of the molecule is CCCCCC(C)C(C)c1cc(OCCCCCN2CCCCC2)c2c(c1)OC(C)(C)C1=C2CCC1. The van der Waals surface area contributed by atoms with Gasteiger partial charge in [-0.3, -0.25) is 0 Å². The van der Waals surface area contributed by atoms with E-state index in [0.717, 1.165) is 37.4 Å². The van der Waals surface area contributed by atoms with Crippen LogP contribution in [0.2, 0.25) is 0 Å². The van der Waals surface area contributed by atoms with E-state index >= 15 is 0 Å². The van der Waals surface area contributed by atoms with E-state index in [1.807, 2.05) is 0 Å². The third-order valence-corrected chi connectivity index (χ3v) is 9.17. The lowest BCUT2D eigenvalue weighted by atomic mass is 9.82. The average Bonchev–Trinajstić information content (AvgIpc) is 3.37. The highest BCUT2D eigenvalue weighted by Gasteiger charge is 2.39. The normalized spacial score (nSPS) is 21.0. The number of hydrogen-bond acceptors (Lipinski definition) is 3. The standard InChI is InChI=1S/C33H53NO2/c1-6-7-10-16-25(2)26(3)27-23-30(35-22-14-9-13-21-34-19-11-8-12-20-34)32-28-17-15-18-29(28)33(4,5)36-31(32)24-27/h23-26H,6-22H2,1-5H3. The predicted molar refractivity (Wildman–Crippen MR) is 153 cm³/mol. The molecule has 36 heavy (non-hydrogen) atoms. The summed E-state index contributed by atoms with van der Waals surface area (Å²) in [7, 11) is 0. The zero-order valence-corrected chi connectivity index (χ0v) is 24.1. The molecule has 3 aliphatic rings. The van der Waals surface area contributed by atoms with Gasteiger partial charge in [-0.2, -0.15) is 0 Å². The molecule has 1 saturated heterocycles. The van der Waals surface area contributed by atoms with Crippen molar-refractivity contribution in [1.29, 1.82) is 0 Å². The molecular formula is C33H53NO2. The monoisotopic (exact) mass is 495 g/mol. The topological polar surface area (TPSA) is 21.7 Å². The van der Waals surface area contributed by atoms with E-state index in [4.69, 9.17) is 9.47 Å². The third kappa shape index (κ3) is 6.69. The molecule has 2 aliphatic heterocycles. The van der Waals surface area contributed by atoms with E-state index in [-0.39, 0.29) is 5.60 Å². The van der Waals surface area contributed by atoms with Crippen LogP contribution in [0, 0.1) is 5.92 Å². The van der Waals surface area contributed by atoms with E-state index in [1.165, 1.54) is 106 Å². The molecule has 0 N–H and O–H groups in total.